The molecule has 3 aromatic carbocycles. The van der Waals surface area contributed by atoms with Gasteiger partial charge in [-0.05, 0) is 111 Å². The molecular formula is C39H47N. The first kappa shape index (κ1) is 30.9. The Hall–Kier alpha value is -3.68. The number of benzene rings is 3. The van der Waals surface area contributed by atoms with Crippen LogP contribution in [0.25, 0.3) is 22.0 Å². The average Bonchev–Trinajstić information content (AvgIpc) is 2.91. The molecule has 208 valence electrons. The number of hydrogen-bond acceptors (Lipinski definition) is 1. The van der Waals surface area contributed by atoms with E-state index < -0.39 is 5.54 Å². The van der Waals surface area contributed by atoms with Crippen LogP contribution in [0.5, 0.6) is 0 Å². The summed E-state index contributed by atoms with van der Waals surface area (Å²) < 4.78 is 0. The molecular weight excluding hydrogens is 482 g/mol. The van der Waals surface area contributed by atoms with Crippen molar-refractivity contribution in [2.45, 2.75) is 80.2 Å². The molecule has 2 unspecified atom stereocenters. The van der Waals surface area contributed by atoms with E-state index in [0.717, 1.165) is 37.1 Å². The molecule has 3 rings (SSSR count). The highest BCUT2D eigenvalue weighted by atomic mass is 15.2. The van der Waals surface area contributed by atoms with Crippen molar-refractivity contribution in [2.75, 3.05) is 6.54 Å². The fourth-order valence-electron chi connectivity index (χ4n) is 5.77. The van der Waals surface area contributed by atoms with Crippen LogP contribution >= 0.6 is 0 Å². The minimum atomic E-state index is -0.398. The molecule has 0 aliphatic carbocycles. The molecule has 0 heterocycles. The van der Waals surface area contributed by atoms with Crippen LogP contribution in [0.2, 0.25) is 0 Å². The van der Waals surface area contributed by atoms with E-state index in [1.54, 1.807) is 0 Å². The van der Waals surface area contributed by atoms with E-state index in [4.69, 9.17) is 0 Å². The molecule has 0 saturated carbocycles. The number of hydrogen-bond donors (Lipinski definition) is 0. The van der Waals surface area contributed by atoms with Crippen molar-refractivity contribution in [2.24, 2.45) is 11.3 Å². The monoisotopic (exact) mass is 529 g/mol. The molecule has 0 aliphatic heterocycles. The van der Waals surface area contributed by atoms with Crippen LogP contribution in [-0.4, -0.2) is 17.0 Å². The summed E-state index contributed by atoms with van der Waals surface area (Å²) in [5.41, 5.74) is 6.69. The Morgan fingerprint density at radius 3 is 1.95 bits per heavy atom. The van der Waals surface area contributed by atoms with E-state index in [9.17, 15) is 0 Å². The molecule has 0 aromatic heterocycles. The van der Waals surface area contributed by atoms with Gasteiger partial charge in [-0.1, -0.05) is 87.4 Å². The van der Waals surface area contributed by atoms with Gasteiger partial charge in [0.05, 0.1) is 0 Å². The molecule has 0 aliphatic rings. The van der Waals surface area contributed by atoms with Crippen LogP contribution < -0.4 is 0 Å². The van der Waals surface area contributed by atoms with Crippen molar-refractivity contribution < 1.29 is 0 Å². The minimum absolute atomic E-state index is 0.0536. The zero-order valence-electron chi connectivity index (χ0n) is 26.0. The molecule has 1 heteroatoms. The largest absolute Gasteiger partial charge is 0.355 e. The highest BCUT2D eigenvalue weighted by molar-refractivity contribution is 5.89. The predicted octanol–water partition coefficient (Wildman–Crippen LogP) is 9.81. The molecule has 0 bridgehead atoms. The lowest BCUT2D eigenvalue weighted by Gasteiger charge is -2.40. The summed E-state index contributed by atoms with van der Waals surface area (Å²) >= 11 is 0. The molecule has 3 aromatic rings. The van der Waals surface area contributed by atoms with E-state index in [1.165, 1.54) is 33.0 Å². The Bertz CT molecular complexity index is 1500. The molecule has 0 spiro atoms. The number of rotatable bonds is 11. The predicted molar refractivity (Wildman–Crippen MR) is 177 cm³/mol. The Morgan fingerprint density at radius 2 is 1.38 bits per heavy atom. The fraction of sp³-hybridized carbons (Fsp3) is 0.385. The van der Waals surface area contributed by atoms with Crippen molar-refractivity contribution in [1.29, 1.82) is 0 Å². The second-order valence-electron chi connectivity index (χ2n) is 11.9. The molecule has 1 nitrogen and oxygen atoms in total. The third-order valence-electron chi connectivity index (χ3n) is 8.03. The zero-order valence-corrected chi connectivity index (χ0v) is 26.0. The van der Waals surface area contributed by atoms with Crippen LogP contribution in [0.1, 0.15) is 84.1 Å². The third-order valence-corrected chi connectivity index (χ3v) is 8.03. The lowest BCUT2D eigenvalue weighted by atomic mass is 9.84. The average molecular weight is 530 g/mol. The first-order valence-corrected chi connectivity index (χ1v) is 14.6. The van der Waals surface area contributed by atoms with Crippen molar-refractivity contribution in [1.82, 2.24) is 4.90 Å². The Labute approximate surface area is 244 Å². The molecule has 0 amide bonds. The molecule has 2 atom stereocenters. The van der Waals surface area contributed by atoms with Crippen molar-refractivity contribution >= 4 is 22.0 Å². The van der Waals surface area contributed by atoms with E-state index in [-0.39, 0.29) is 5.41 Å². The van der Waals surface area contributed by atoms with Gasteiger partial charge in [0.2, 0.25) is 0 Å². The summed E-state index contributed by atoms with van der Waals surface area (Å²) in [5, 5.41) is 2.44. The number of allylic oxidation sites excluding steroid dienone is 1. The Kier molecular flexibility index (Phi) is 10.1. The number of fused-ring (bicyclic) bond motifs is 1. The second kappa shape index (κ2) is 13.1. The van der Waals surface area contributed by atoms with Gasteiger partial charge in [-0.2, -0.15) is 0 Å². The minimum Gasteiger partial charge on any atom is -0.355 e. The van der Waals surface area contributed by atoms with Gasteiger partial charge >= 0.3 is 0 Å². The molecule has 0 radical (unpaired) electrons. The van der Waals surface area contributed by atoms with Gasteiger partial charge < -0.3 is 4.90 Å². The Balaban J connectivity index is 1.92. The van der Waals surface area contributed by atoms with Crippen molar-refractivity contribution in [3.8, 4) is 23.7 Å². The quantitative estimate of drug-likeness (QED) is 0.223. The number of likely N-dealkylation sites (N-methyl/N-ethyl adjacent to an activating group) is 1. The van der Waals surface area contributed by atoms with Gasteiger partial charge in [-0.3, -0.25) is 0 Å². The van der Waals surface area contributed by atoms with Gasteiger partial charge in [0.15, 0.2) is 0 Å². The summed E-state index contributed by atoms with van der Waals surface area (Å²) in [5.74, 6) is 13.7. The fourth-order valence-corrected chi connectivity index (χ4v) is 5.77. The highest BCUT2D eigenvalue weighted by Crippen LogP contribution is 2.33. The third kappa shape index (κ3) is 7.29. The van der Waals surface area contributed by atoms with E-state index in [1.807, 2.05) is 13.8 Å². The molecule has 0 fully saturated rings. The smallest absolute Gasteiger partial charge is 0.102 e. The van der Waals surface area contributed by atoms with Crippen molar-refractivity contribution in [3.05, 3.63) is 96.1 Å². The lowest BCUT2D eigenvalue weighted by Crippen LogP contribution is -2.45. The topological polar surface area (TPSA) is 3.24 Å². The van der Waals surface area contributed by atoms with E-state index in [2.05, 4.69) is 144 Å². The van der Waals surface area contributed by atoms with E-state index >= 15 is 0 Å². The van der Waals surface area contributed by atoms with Crippen LogP contribution in [0.15, 0.2) is 73.8 Å². The van der Waals surface area contributed by atoms with Crippen LogP contribution in [-0.2, 0) is 12.8 Å². The molecule has 0 N–H and O–H groups in total. The molecule has 0 saturated heterocycles. The lowest BCUT2D eigenvalue weighted by molar-refractivity contribution is 0.253. The first-order valence-electron chi connectivity index (χ1n) is 14.6. The highest BCUT2D eigenvalue weighted by Gasteiger charge is 2.31. The van der Waals surface area contributed by atoms with Gasteiger partial charge in [-0.25, -0.2) is 0 Å². The maximum absolute atomic E-state index is 4.59. The van der Waals surface area contributed by atoms with Gasteiger partial charge in [-0.15, -0.1) is 11.8 Å². The first-order chi connectivity index (χ1) is 19.0. The summed E-state index contributed by atoms with van der Waals surface area (Å²) in [4.78, 5) is 2.36. The number of nitrogens with zero attached hydrogens (tertiary/aromatic N) is 1. The van der Waals surface area contributed by atoms with E-state index in [0.29, 0.717) is 5.92 Å². The van der Waals surface area contributed by atoms with Gasteiger partial charge in [0.25, 0.3) is 0 Å². The summed E-state index contributed by atoms with van der Waals surface area (Å²) in [6.07, 6.45) is 2.83. The summed E-state index contributed by atoms with van der Waals surface area (Å²) in [6.45, 7) is 26.9. The molecule has 40 heavy (non-hydrogen) atoms. The zero-order chi connectivity index (χ0) is 29.5. The summed E-state index contributed by atoms with van der Waals surface area (Å²) in [6, 6.07) is 22.3. The van der Waals surface area contributed by atoms with Crippen LogP contribution in [0, 0.1) is 35.0 Å². The van der Waals surface area contributed by atoms with Crippen LogP contribution in [0.4, 0.5) is 0 Å². The van der Waals surface area contributed by atoms with Crippen molar-refractivity contribution in [3.63, 3.8) is 0 Å². The standard InChI is InChI=1S/C39H47N/c1-11-22-38(8,9)27-32-16-15-17-33(24-32)28-39(10,23-12-2)40(14-4)31(7)35-19-21-36-25-34(18-20-37(36)26-35)30(6)29(5)13-3/h15-21,24-26,29H,6-7,13-14,27-28H2,1-5,8-10H3. The second-order valence-corrected chi connectivity index (χ2v) is 11.9. The van der Waals surface area contributed by atoms with Gasteiger partial charge in [0.1, 0.15) is 5.54 Å². The summed E-state index contributed by atoms with van der Waals surface area (Å²) in [7, 11) is 0. The maximum atomic E-state index is 4.59. The SMILES string of the molecule is C=C(c1ccc2cc(C(=C)N(CC)C(C)(C#CC)Cc3cccc(CC(C)(C)C#CC)c3)ccc2c1)C(C)CC. The maximum Gasteiger partial charge on any atom is 0.102 e. The van der Waals surface area contributed by atoms with Crippen LogP contribution in [0.3, 0.4) is 0 Å². The Morgan fingerprint density at radius 1 is 0.800 bits per heavy atom. The normalized spacial score (nSPS) is 13.3. The van der Waals surface area contributed by atoms with Gasteiger partial charge in [0, 0.05) is 24.1 Å².